The Hall–Kier alpha value is -1.13. The van der Waals surface area contributed by atoms with Crippen molar-refractivity contribution >= 4 is 27.4 Å². The van der Waals surface area contributed by atoms with Crippen LogP contribution in [0.15, 0.2) is 24.3 Å². The molecule has 108 valence electrons. The summed E-state index contributed by atoms with van der Waals surface area (Å²) in [6.45, 7) is 4.09. The Kier molecular flexibility index (Phi) is 4.22. The fourth-order valence-electron chi connectivity index (χ4n) is 3.48. The maximum atomic E-state index is 6.01. The van der Waals surface area contributed by atoms with Crippen molar-refractivity contribution in [2.45, 2.75) is 38.6 Å². The Labute approximate surface area is 124 Å². The molecule has 4 heteroatoms. The molecule has 1 aromatic carbocycles. The van der Waals surface area contributed by atoms with Gasteiger partial charge in [-0.15, -0.1) is 0 Å². The van der Waals surface area contributed by atoms with Crippen LogP contribution in [0.2, 0.25) is 0 Å². The maximum Gasteiger partial charge on any atom is 0.120 e. The highest BCUT2D eigenvalue weighted by Gasteiger charge is 2.30. The number of anilines is 1. The molecule has 2 aromatic rings. The standard InChI is InChI=1S/C16H23N3S/c1-2-19(15-10-6-3-7-12(15)11-17)16-13-8-4-5-9-14(13)18-20-16/h4-5,8-9,12,15H,2-3,6-7,10-11,17H2,1H3. The average molecular weight is 289 g/mol. The van der Waals surface area contributed by atoms with E-state index in [9.17, 15) is 0 Å². The van der Waals surface area contributed by atoms with E-state index in [1.807, 2.05) is 0 Å². The number of benzene rings is 1. The van der Waals surface area contributed by atoms with Crippen LogP contribution in [-0.4, -0.2) is 23.5 Å². The van der Waals surface area contributed by atoms with Gasteiger partial charge in [-0.05, 0) is 55.9 Å². The first kappa shape index (κ1) is 13.8. The predicted octanol–water partition coefficient (Wildman–Crippen LogP) is 3.64. The number of nitrogens with zero attached hydrogens (tertiary/aromatic N) is 2. The minimum atomic E-state index is 0.586. The molecule has 0 amide bonds. The van der Waals surface area contributed by atoms with Gasteiger partial charge in [0, 0.05) is 18.0 Å². The van der Waals surface area contributed by atoms with Crippen molar-refractivity contribution in [3.63, 3.8) is 0 Å². The fraction of sp³-hybridized carbons (Fsp3) is 0.562. The van der Waals surface area contributed by atoms with Gasteiger partial charge in [-0.25, -0.2) is 0 Å². The molecule has 2 N–H and O–H groups in total. The molecule has 1 aromatic heterocycles. The van der Waals surface area contributed by atoms with E-state index >= 15 is 0 Å². The number of nitrogens with two attached hydrogens (primary N) is 1. The zero-order valence-electron chi connectivity index (χ0n) is 12.1. The quantitative estimate of drug-likeness (QED) is 0.934. The predicted molar refractivity (Wildman–Crippen MR) is 87.4 cm³/mol. The third-order valence-corrected chi connectivity index (χ3v) is 5.45. The normalized spacial score (nSPS) is 23.1. The zero-order chi connectivity index (χ0) is 13.9. The molecule has 2 atom stereocenters. The molecule has 3 rings (SSSR count). The Morgan fingerprint density at radius 3 is 2.90 bits per heavy atom. The van der Waals surface area contributed by atoms with Gasteiger partial charge in [0.25, 0.3) is 0 Å². The van der Waals surface area contributed by atoms with Crippen LogP contribution in [0.4, 0.5) is 5.00 Å². The molecular formula is C16H23N3S. The molecule has 1 heterocycles. The molecule has 3 nitrogen and oxygen atoms in total. The van der Waals surface area contributed by atoms with E-state index in [2.05, 4.69) is 40.5 Å². The fourth-order valence-corrected chi connectivity index (χ4v) is 4.47. The smallest absolute Gasteiger partial charge is 0.120 e. The van der Waals surface area contributed by atoms with Gasteiger partial charge in [-0.3, -0.25) is 0 Å². The van der Waals surface area contributed by atoms with Gasteiger partial charge in [0.15, 0.2) is 0 Å². The minimum absolute atomic E-state index is 0.586. The first-order valence-electron chi connectivity index (χ1n) is 7.66. The topological polar surface area (TPSA) is 42.2 Å². The number of fused-ring (bicyclic) bond motifs is 1. The lowest BCUT2D eigenvalue weighted by atomic mass is 9.83. The van der Waals surface area contributed by atoms with E-state index in [4.69, 9.17) is 5.73 Å². The highest BCUT2D eigenvalue weighted by Crippen LogP contribution is 2.37. The van der Waals surface area contributed by atoms with Gasteiger partial charge in [0.1, 0.15) is 5.00 Å². The van der Waals surface area contributed by atoms with Crippen LogP contribution in [0.1, 0.15) is 32.6 Å². The van der Waals surface area contributed by atoms with E-state index in [1.165, 1.54) is 36.1 Å². The van der Waals surface area contributed by atoms with E-state index < -0.39 is 0 Å². The molecule has 0 spiro atoms. The molecule has 0 bridgehead atoms. The van der Waals surface area contributed by atoms with Gasteiger partial charge in [-0.2, -0.15) is 4.37 Å². The van der Waals surface area contributed by atoms with Crippen LogP contribution in [0.25, 0.3) is 10.9 Å². The van der Waals surface area contributed by atoms with E-state index in [-0.39, 0.29) is 0 Å². The summed E-state index contributed by atoms with van der Waals surface area (Å²) in [5.74, 6) is 0.629. The van der Waals surface area contributed by atoms with Gasteiger partial charge < -0.3 is 10.6 Å². The van der Waals surface area contributed by atoms with Crippen LogP contribution in [-0.2, 0) is 0 Å². The first-order valence-corrected chi connectivity index (χ1v) is 8.43. The van der Waals surface area contributed by atoms with Crippen LogP contribution in [0.3, 0.4) is 0 Å². The van der Waals surface area contributed by atoms with Gasteiger partial charge in [-0.1, -0.05) is 25.0 Å². The Morgan fingerprint density at radius 1 is 1.30 bits per heavy atom. The van der Waals surface area contributed by atoms with Crippen molar-refractivity contribution < 1.29 is 0 Å². The van der Waals surface area contributed by atoms with Gasteiger partial charge in [0.05, 0.1) is 5.52 Å². The third kappa shape index (κ3) is 2.42. The largest absolute Gasteiger partial charge is 0.359 e. The van der Waals surface area contributed by atoms with Crippen LogP contribution in [0, 0.1) is 5.92 Å². The van der Waals surface area contributed by atoms with Crippen molar-refractivity contribution in [2.75, 3.05) is 18.0 Å². The van der Waals surface area contributed by atoms with Crippen LogP contribution < -0.4 is 10.6 Å². The van der Waals surface area contributed by atoms with E-state index in [0.29, 0.717) is 12.0 Å². The number of hydrogen-bond acceptors (Lipinski definition) is 4. The summed E-state index contributed by atoms with van der Waals surface area (Å²) in [5.41, 5.74) is 7.13. The summed E-state index contributed by atoms with van der Waals surface area (Å²) < 4.78 is 4.60. The third-order valence-electron chi connectivity index (χ3n) is 4.54. The van der Waals surface area contributed by atoms with Crippen molar-refractivity contribution in [3.05, 3.63) is 24.3 Å². The Balaban J connectivity index is 1.96. The lowest BCUT2D eigenvalue weighted by molar-refractivity contribution is 0.302. The zero-order valence-corrected chi connectivity index (χ0v) is 12.9. The molecule has 20 heavy (non-hydrogen) atoms. The van der Waals surface area contributed by atoms with E-state index in [0.717, 1.165) is 18.6 Å². The SMILES string of the molecule is CCN(c1snc2ccccc12)C1CCCCC1CN. The van der Waals surface area contributed by atoms with Crippen LogP contribution in [0.5, 0.6) is 0 Å². The van der Waals surface area contributed by atoms with Crippen molar-refractivity contribution in [1.29, 1.82) is 0 Å². The molecule has 1 aliphatic carbocycles. The molecule has 0 saturated heterocycles. The molecule has 1 fully saturated rings. The highest BCUT2D eigenvalue weighted by atomic mass is 32.1. The Morgan fingerprint density at radius 2 is 2.10 bits per heavy atom. The van der Waals surface area contributed by atoms with Crippen molar-refractivity contribution in [3.8, 4) is 0 Å². The van der Waals surface area contributed by atoms with Crippen molar-refractivity contribution in [2.24, 2.45) is 11.7 Å². The lowest BCUT2D eigenvalue weighted by Crippen LogP contribution is -2.45. The average Bonchev–Trinajstić information content (AvgIpc) is 2.93. The summed E-state index contributed by atoms with van der Waals surface area (Å²) in [5, 5.41) is 2.62. The van der Waals surface area contributed by atoms with Crippen LogP contribution >= 0.6 is 11.5 Å². The highest BCUT2D eigenvalue weighted by molar-refractivity contribution is 7.11. The maximum absolute atomic E-state index is 6.01. The molecule has 1 saturated carbocycles. The molecular weight excluding hydrogens is 266 g/mol. The summed E-state index contributed by atoms with van der Waals surface area (Å²) in [4.78, 5) is 2.55. The van der Waals surface area contributed by atoms with Gasteiger partial charge >= 0.3 is 0 Å². The van der Waals surface area contributed by atoms with Gasteiger partial charge in [0.2, 0.25) is 0 Å². The summed E-state index contributed by atoms with van der Waals surface area (Å²) >= 11 is 1.64. The summed E-state index contributed by atoms with van der Waals surface area (Å²) in [6.07, 6.45) is 5.20. The lowest BCUT2D eigenvalue weighted by Gasteiger charge is -2.39. The monoisotopic (exact) mass is 289 g/mol. The minimum Gasteiger partial charge on any atom is -0.359 e. The molecule has 1 aliphatic rings. The van der Waals surface area contributed by atoms with Crippen molar-refractivity contribution in [1.82, 2.24) is 4.37 Å². The summed E-state index contributed by atoms with van der Waals surface area (Å²) in [6, 6.07) is 9.05. The van der Waals surface area contributed by atoms with E-state index in [1.54, 1.807) is 11.5 Å². The second kappa shape index (κ2) is 6.10. The number of rotatable bonds is 4. The summed E-state index contributed by atoms with van der Waals surface area (Å²) in [7, 11) is 0. The Bertz CT molecular complexity index is 566. The molecule has 0 aliphatic heterocycles. The molecule has 0 radical (unpaired) electrons. The molecule has 2 unspecified atom stereocenters. The second-order valence-electron chi connectivity index (χ2n) is 5.64. The second-order valence-corrected chi connectivity index (χ2v) is 6.39. The number of aromatic nitrogens is 1. The first-order chi connectivity index (χ1) is 9.85. The number of hydrogen-bond donors (Lipinski definition) is 1.